The van der Waals surface area contributed by atoms with Crippen LogP contribution in [0.1, 0.15) is 10.6 Å². The number of benzene rings is 2. The quantitative estimate of drug-likeness (QED) is 0.791. The van der Waals surface area contributed by atoms with E-state index in [0.717, 1.165) is 33.0 Å². The predicted molar refractivity (Wildman–Crippen MR) is 77.1 cm³/mol. The molecule has 0 saturated heterocycles. The van der Waals surface area contributed by atoms with Crippen molar-refractivity contribution in [1.29, 1.82) is 0 Å². The zero-order chi connectivity index (χ0) is 13.2. The van der Waals surface area contributed by atoms with E-state index in [1.807, 2.05) is 30.3 Å². The molecule has 0 atom stereocenters. The van der Waals surface area contributed by atoms with Crippen molar-refractivity contribution >= 4 is 21.6 Å². The number of hydrogen-bond acceptors (Lipinski definition) is 4. The van der Waals surface area contributed by atoms with Gasteiger partial charge in [0, 0.05) is 6.42 Å². The van der Waals surface area contributed by atoms with Crippen LogP contribution in [0, 0.1) is 0 Å². The number of hydrogen-bond donors (Lipinski definition) is 1. The second kappa shape index (κ2) is 4.90. The summed E-state index contributed by atoms with van der Waals surface area (Å²) in [5, 5.41) is 10.5. The Labute approximate surface area is 115 Å². The fourth-order valence-electron chi connectivity index (χ4n) is 2.00. The van der Waals surface area contributed by atoms with E-state index in [4.69, 9.17) is 4.74 Å². The number of rotatable bonds is 3. The van der Waals surface area contributed by atoms with Crippen LogP contribution in [-0.4, -0.2) is 17.2 Å². The van der Waals surface area contributed by atoms with Crippen LogP contribution < -0.4 is 4.74 Å². The number of ether oxygens (including phenoxy) is 1. The molecule has 1 N–H and O–H groups in total. The molecule has 1 aromatic heterocycles. The molecule has 0 aliphatic carbocycles. The Bertz CT molecular complexity index is 721. The number of aromatic hydroxyl groups is 1. The number of phenols is 1. The van der Waals surface area contributed by atoms with Crippen molar-refractivity contribution in [2.45, 2.75) is 6.42 Å². The molecule has 3 nitrogen and oxygen atoms in total. The summed E-state index contributed by atoms with van der Waals surface area (Å²) in [5.41, 5.74) is 2.05. The first-order valence-corrected chi connectivity index (χ1v) is 6.77. The number of methoxy groups -OCH3 is 1. The fourth-order valence-corrected chi connectivity index (χ4v) is 3.03. The minimum atomic E-state index is 0.292. The fraction of sp³-hybridized carbons (Fsp3) is 0.133. The number of nitrogens with zero attached hydrogens (tertiary/aromatic N) is 1. The molecule has 0 saturated carbocycles. The standard InChI is InChI=1S/C15H13NO2S/c1-18-12-5-6-13-14(9-12)19-15(16-13)8-10-3-2-4-11(17)7-10/h2-7,9,17H,8H2,1H3. The zero-order valence-corrected chi connectivity index (χ0v) is 11.3. The van der Waals surface area contributed by atoms with Crippen molar-refractivity contribution in [1.82, 2.24) is 4.98 Å². The Morgan fingerprint density at radius 1 is 1.21 bits per heavy atom. The van der Waals surface area contributed by atoms with Crippen molar-refractivity contribution in [3.05, 3.63) is 53.0 Å². The lowest BCUT2D eigenvalue weighted by molar-refractivity contribution is 0.415. The van der Waals surface area contributed by atoms with Gasteiger partial charge in [-0.15, -0.1) is 11.3 Å². The van der Waals surface area contributed by atoms with Crippen LogP contribution in [0.2, 0.25) is 0 Å². The Kier molecular flexibility index (Phi) is 3.09. The highest BCUT2D eigenvalue weighted by atomic mass is 32.1. The summed E-state index contributed by atoms with van der Waals surface area (Å²) in [6, 6.07) is 13.2. The largest absolute Gasteiger partial charge is 0.508 e. The maximum Gasteiger partial charge on any atom is 0.120 e. The lowest BCUT2D eigenvalue weighted by Gasteiger charge is -1.98. The topological polar surface area (TPSA) is 42.4 Å². The van der Waals surface area contributed by atoms with Gasteiger partial charge >= 0.3 is 0 Å². The molecule has 0 aliphatic rings. The van der Waals surface area contributed by atoms with E-state index in [9.17, 15) is 5.11 Å². The van der Waals surface area contributed by atoms with E-state index >= 15 is 0 Å². The van der Waals surface area contributed by atoms with Crippen molar-refractivity contribution in [3.8, 4) is 11.5 Å². The molecule has 0 unspecified atom stereocenters. The lowest BCUT2D eigenvalue weighted by Crippen LogP contribution is -1.85. The second-order valence-electron chi connectivity index (χ2n) is 4.29. The van der Waals surface area contributed by atoms with E-state index in [-0.39, 0.29) is 0 Å². The summed E-state index contributed by atoms with van der Waals surface area (Å²) in [6.07, 6.45) is 0.732. The van der Waals surface area contributed by atoms with Gasteiger partial charge in [0.1, 0.15) is 11.5 Å². The molecule has 4 heteroatoms. The molecular weight excluding hydrogens is 258 g/mol. The highest BCUT2D eigenvalue weighted by Gasteiger charge is 2.06. The van der Waals surface area contributed by atoms with Crippen molar-refractivity contribution in [2.24, 2.45) is 0 Å². The smallest absolute Gasteiger partial charge is 0.120 e. The maximum absolute atomic E-state index is 9.47. The number of phenolic OH excluding ortho intramolecular Hbond substituents is 1. The van der Waals surface area contributed by atoms with Gasteiger partial charge < -0.3 is 9.84 Å². The van der Waals surface area contributed by atoms with Crippen LogP contribution in [0.4, 0.5) is 0 Å². The van der Waals surface area contributed by atoms with Gasteiger partial charge in [-0.25, -0.2) is 4.98 Å². The van der Waals surface area contributed by atoms with Gasteiger partial charge in [-0.2, -0.15) is 0 Å². The van der Waals surface area contributed by atoms with Gasteiger partial charge in [-0.05, 0) is 35.9 Å². The molecule has 0 amide bonds. The Balaban J connectivity index is 1.93. The van der Waals surface area contributed by atoms with Gasteiger partial charge in [0.15, 0.2) is 0 Å². The Morgan fingerprint density at radius 2 is 2.11 bits per heavy atom. The third kappa shape index (κ3) is 2.53. The average Bonchev–Trinajstić information content (AvgIpc) is 2.79. The molecule has 0 spiro atoms. The summed E-state index contributed by atoms with van der Waals surface area (Å²) in [6.45, 7) is 0. The van der Waals surface area contributed by atoms with E-state index < -0.39 is 0 Å². The molecular formula is C15H13NO2S. The first kappa shape index (κ1) is 12.0. The first-order chi connectivity index (χ1) is 9.24. The van der Waals surface area contributed by atoms with Crippen LogP contribution in [0.3, 0.4) is 0 Å². The van der Waals surface area contributed by atoms with Gasteiger partial charge in [-0.1, -0.05) is 12.1 Å². The SMILES string of the molecule is COc1ccc2nc(Cc3cccc(O)c3)sc2c1. The van der Waals surface area contributed by atoms with Crippen molar-refractivity contribution in [2.75, 3.05) is 7.11 Å². The summed E-state index contributed by atoms with van der Waals surface area (Å²) < 4.78 is 6.33. The molecule has 2 aromatic carbocycles. The normalized spacial score (nSPS) is 10.8. The molecule has 1 heterocycles. The molecule has 0 aliphatic heterocycles. The first-order valence-electron chi connectivity index (χ1n) is 5.96. The minimum Gasteiger partial charge on any atom is -0.508 e. The summed E-state index contributed by atoms with van der Waals surface area (Å²) in [5.74, 6) is 1.14. The van der Waals surface area contributed by atoms with Crippen LogP contribution in [0.25, 0.3) is 10.2 Å². The van der Waals surface area contributed by atoms with Crippen LogP contribution in [-0.2, 0) is 6.42 Å². The van der Waals surface area contributed by atoms with Gasteiger partial charge in [0.2, 0.25) is 0 Å². The maximum atomic E-state index is 9.47. The Hall–Kier alpha value is -2.07. The number of aromatic nitrogens is 1. The number of thiazole rings is 1. The van der Waals surface area contributed by atoms with Crippen molar-refractivity contribution in [3.63, 3.8) is 0 Å². The van der Waals surface area contributed by atoms with Gasteiger partial charge in [0.25, 0.3) is 0 Å². The summed E-state index contributed by atoms with van der Waals surface area (Å²) in [7, 11) is 1.66. The monoisotopic (exact) mass is 271 g/mol. The molecule has 3 rings (SSSR count). The molecule has 19 heavy (non-hydrogen) atoms. The lowest BCUT2D eigenvalue weighted by atomic mass is 10.1. The third-order valence-corrected chi connectivity index (χ3v) is 3.92. The summed E-state index contributed by atoms with van der Waals surface area (Å²) >= 11 is 1.65. The number of fused-ring (bicyclic) bond motifs is 1. The zero-order valence-electron chi connectivity index (χ0n) is 10.5. The molecule has 3 aromatic rings. The molecule has 0 fully saturated rings. The molecule has 0 bridgehead atoms. The second-order valence-corrected chi connectivity index (χ2v) is 5.40. The third-order valence-electron chi connectivity index (χ3n) is 2.91. The Morgan fingerprint density at radius 3 is 2.89 bits per heavy atom. The van der Waals surface area contributed by atoms with Crippen LogP contribution in [0.5, 0.6) is 11.5 Å². The van der Waals surface area contributed by atoms with Crippen LogP contribution in [0.15, 0.2) is 42.5 Å². The molecule has 0 radical (unpaired) electrons. The van der Waals surface area contributed by atoms with E-state index in [2.05, 4.69) is 4.98 Å². The van der Waals surface area contributed by atoms with Gasteiger partial charge in [-0.3, -0.25) is 0 Å². The van der Waals surface area contributed by atoms with Gasteiger partial charge in [0.05, 0.1) is 22.3 Å². The van der Waals surface area contributed by atoms with E-state index in [1.54, 1.807) is 30.6 Å². The van der Waals surface area contributed by atoms with Crippen LogP contribution >= 0.6 is 11.3 Å². The predicted octanol–water partition coefficient (Wildman–Crippen LogP) is 3.60. The summed E-state index contributed by atoms with van der Waals surface area (Å²) in [4.78, 5) is 4.59. The highest BCUT2D eigenvalue weighted by molar-refractivity contribution is 7.18. The molecule has 96 valence electrons. The minimum absolute atomic E-state index is 0.292. The highest BCUT2D eigenvalue weighted by Crippen LogP contribution is 2.28. The van der Waals surface area contributed by atoms with Crippen molar-refractivity contribution < 1.29 is 9.84 Å². The average molecular weight is 271 g/mol. The van der Waals surface area contributed by atoms with E-state index in [1.165, 1.54) is 0 Å². The van der Waals surface area contributed by atoms with E-state index in [0.29, 0.717) is 5.75 Å².